The molecule has 7 heteroatoms. The third-order valence-corrected chi connectivity index (χ3v) is 4.51. The van der Waals surface area contributed by atoms with Crippen molar-refractivity contribution in [3.05, 3.63) is 36.0 Å². The van der Waals surface area contributed by atoms with E-state index in [1.807, 2.05) is 30.5 Å². The van der Waals surface area contributed by atoms with Gasteiger partial charge in [-0.1, -0.05) is 18.2 Å². The summed E-state index contributed by atoms with van der Waals surface area (Å²) in [6, 6.07) is 7.15. The molecule has 2 heterocycles. The van der Waals surface area contributed by atoms with Crippen molar-refractivity contribution in [1.82, 2.24) is 15.6 Å². The number of amides is 2. The van der Waals surface area contributed by atoms with E-state index in [-0.39, 0.29) is 18.6 Å². The van der Waals surface area contributed by atoms with Crippen LogP contribution in [0.25, 0.3) is 10.9 Å². The molecule has 1 aliphatic heterocycles. The first-order chi connectivity index (χ1) is 12.7. The summed E-state index contributed by atoms with van der Waals surface area (Å²) >= 11 is 0. The maximum Gasteiger partial charge on any atom is 0.407 e. The van der Waals surface area contributed by atoms with E-state index in [1.165, 1.54) is 0 Å². The van der Waals surface area contributed by atoms with Crippen LogP contribution in [0.3, 0.4) is 0 Å². The average Bonchev–Trinajstić information content (AvgIpc) is 3.29. The fourth-order valence-corrected chi connectivity index (χ4v) is 3.19. The Labute approximate surface area is 152 Å². The van der Waals surface area contributed by atoms with Crippen LogP contribution < -0.4 is 10.6 Å². The van der Waals surface area contributed by atoms with Crippen molar-refractivity contribution >= 4 is 22.9 Å². The van der Waals surface area contributed by atoms with Crippen LogP contribution in [0, 0.1) is 0 Å². The van der Waals surface area contributed by atoms with Crippen LogP contribution in [0.2, 0.25) is 0 Å². The summed E-state index contributed by atoms with van der Waals surface area (Å²) in [7, 11) is 0. The molecule has 1 saturated heterocycles. The maximum absolute atomic E-state index is 12.7. The molecular weight excluding hydrogens is 334 g/mol. The number of aromatic amines is 1. The summed E-state index contributed by atoms with van der Waals surface area (Å²) in [6.07, 6.45) is 3.66. The van der Waals surface area contributed by atoms with Crippen molar-refractivity contribution in [2.45, 2.75) is 38.3 Å². The van der Waals surface area contributed by atoms with Crippen LogP contribution in [0.4, 0.5) is 4.79 Å². The first kappa shape index (κ1) is 18.3. The van der Waals surface area contributed by atoms with Gasteiger partial charge in [0.25, 0.3) is 0 Å². The number of nitrogens with one attached hydrogen (secondary N) is 3. The first-order valence-electron chi connectivity index (χ1n) is 9.05. The van der Waals surface area contributed by atoms with Gasteiger partial charge in [-0.15, -0.1) is 0 Å². The molecule has 2 aromatic rings. The minimum absolute atomic E-state index is 0.0512. The number of aromatic nitrogens is 1. The summed E-state index contributed by atoms with van der Waals surface area (Å²) in [5, 5.41) is 6.59. The van der Waals surface area contributed by atoms with Gasteiger partial charge in [0, 0.05) is 36.7 Å². The van der Waals surface area contributed by atoms with E-state index in [0.717, 1.165) is 35.9 Å². The monoisotopic (exact) mass is 359 g/mol. The molecule has 7 nitrogen and oxygen atoms in total. The van der Waals surface area contributed by atoms with Gasteiger partial charge in [-0.05, 0) is 31.4 Å². The third kappa shape index (κ3) is 4.54. The normalized spacial score (nSPS) is 17.8. The minimum Gasteiger partial charge on any atom is -0.450 e. The Bertz CT molecular complexity index is 752. The zero-order chi connectivity index (χ0) is 18.4. The average molecular weight is 359 g/mol. The number of H-pyrrole nitrogens is 1. The van der Waals surface area contributed by atoms with Gasteiger partial charge in [0.05, 0.1) is 12.7 Å². The highest BCUT2D eigenvalue weighted by Crippen LogP contribution is 2.19. The fraction of sp³-hybridized carbons (Fsp3) is 0.474. The lowest BCUT2D eigenvalue weighted by molar-refractivity contribution is -0.123. The van der Waals surface area contributed by atoms with Gasteiger partial charge in [0.1, 0.15) is 6.04 Å². The third-order valence-electron chi connectivity index (χ3n) is 4.51. The van der Waals surface area contributed by atoms with Gasteiger partial charge in [-0.2, -0.15) is 0 Å². The Morgan fingerprint density at radius 1 is 1.38 bits per heavy atom. The molecule has 3 N–H and O–H groups in total. The van der Waals surface area contributed by atoms with Gasteiger partial charge in [-0.3, -0.25) is 4.79 Å². The van der Waals surface area contributed by atoms with Gasteiger partial charge < -0.3 is 25.1 Å². The van der Waals surface area contributed by atoms with E-state index >= 15 is 0 Å². The molecule has 0 saturated carbocycles. The summed E-state index contributed by atoms with van der Waals surface area (Å²) in [5.41, 5.74) is 1.96. The molecule has 0 aliphatic carbocycles. The molecule has 3 rings (SSSR count). The van der Waals surface area contributed by atoms with Crippen LogP contribution in [0.5, 0.6) is 0 Å². The summed E-state index contributed by atoms with van der Waals surface area (Å²) < 4.78 is 10.5. The molecule has 0 radical (unpaired) electrons. The standard InChI is InChI=1S/C19H25N3O4/c1-2-25-19(24)22-17(18(23)21-12-14-6-5-9-26-14)10-13-11-20-16-8-4-3-7-15(13)16/h3-4,7-8,11,14,17,20H,2,5-6,9-10,12H2,1H3,(H,21,23)(H,22,24)/t14-,17-/m1/s1. The minimum atomic E-state index is -0.713. The number of ether oxygens (including phenoxy) is 2. The number of carbonyl (C=O) groups is 2. The molecule has 0 bridgehead atoms. The van der Waals surface area contributed by atoms with Crippen molar-refractivity contribution in [3.63, 3.8) is 0 Å². The molecule has 1 aromatic heterocycles. The molecule has 26 heavy (non-hydrogen) atoms. The van der Waals surface area contributed by atoms with E-state index in [4.69, 9.17) is 9.47 Å². The summed E-state index contributed by atoms with van der Waals surface area (Å²) in [6.45, 7) is 3.17. The Morgan fingerprint density at radius 3 is 3.00 bits per heavy atom. The number of hydrogen-bond donors (Lipinski definition) is 3. The van der Waals surface area contributed by atoms with Gasteiger partial charge in [-0.25, -0.2) is 4.79 Å². The number of fused-ring (bicyclic) bond motifs is 1. The molecule has 140 valence electrons. The first-order valence-corrected chi connectivity index (χ1v) is 9.05. The van der Waals surface area contributed by atoms with Crippen LogP contribution in [0.1, 0.15) is 25.3 Å². The van der Waals surface area contributed by atoms with Crippen molar-refractivity contribution < 1.29 is 19.1 Å². The molecular formula is C19H25N3O4. The number of benzene rings is 1. The number of hydrogen-bond acceptors (Lipinski definition) is 4. The van der Waals surface area contributed by atoms with Crippen molar-refractivity contribution in [2.24, 2.45) is 0 Å². The molecule has 1 fully saturated rings. The second-order valence-corrected chi connectivity index (χ2v) is 6.36. The Kier molecular flexibility index (Phi) is 6.12. The molecule has 2 amide bonds. The highest BCUT2D eigenvalue weighted by molar-refractivity contribution is 5.88. The van der Waals surface area contributed by atoms with Crippen molar-refractivity contribution in [2.75, 3.05) is 19.8 Å². The van der Waals surface area contributed by atoms with Gasteiger partial charge in [0.2, 0.25) is 5.91 Å². The maximum atomic E-state index is 12.7. The smallest absolute Gasteiger partial charge is 0.407 e. The van der Waals surface area contributed by atoms with E-state index in [2.05, 4.69) is 15.6 Å². The van der Waals surface area contributed by atoms with E-state index in [1.54, 1.807) is 6.92 Å². The highest BCUT2D eigenvalue weighted by Gasteiger charge is 2.24. The van der Waals surface area contributed by atoms with Gasteiger partial charge >= 0.3 is 6.09 Å². The summed E-state index contributed by atoms with van der Waals surface area (Å²) in [4.78, 5) is 27.7. The lowest BCUT2D eigenvalue weighted by Crippen LogP contribution is -2.49. The molecule has 2 atom stereocenters. The topological polar surface area (TPSA) is 92.5 Å². The predicted octanol–water partition coefficient (Wildman–Crippen LogP) is 2.12. The van der Waals surface area contributed by atoms with Crippen LogP contribution in [-0.2, 0) is 20.7 Å². The molecule has 1 aliphatic rings. The molecule has 0 unspecified atom stereocenters. The van der Waals surface area contributed by atoms with E-state index in [9.17, 15) is 9.59 Å². The number of alkyl carbamates (subject to hydrolysis) is 1. The number of carbonyl (C=O) groups excluding carboxylic acids is 2. The zero-order valence-corrected chi connectivity index (χ0v) is 14.9. The van der Waals surface area contributed by atoms with Crippen molar-refractivity contribution in [1.29, 1.82) is 0 Å². The molecule has 1 aromatic carbocycles. The summed E-state index contributed by atoms with van der Waals surface area (Å²) in [5.74, 6) is -0.237. The fourth-order valence-electron chi connectivity index (χ4n) is 3.19. The van der Waals surface area contributed by atoms with Gasteiger partial charge in [0.15, 0.2) is 0 Å². The lowest BCUT2D eigenvalue weighted by atomic mass is 10.0. The SMILES string of the molecule is CCOC(=O)N[C@H](Cc1c[nH]c2ccccc12)C(=O)NC[C@H]1CCCO1. The van der Waals surface area contributed by atoms with Crippen LogP contribution >= 0.6 is 0 Å². The van der Waals surface area contributed by atoms with Crippen molar-refractivity contribution in [3.8, 4) is 0 Å². The zero-order valence-electron chi connectivity index (χ0n) is 14.9. The van der Waals surface area contributed by atoms with Crippen LogP contribution in [-0.4, -0.2) is 48.9 Å². The Morgan fingerprint density at radius 2 is 2.23 bits per heavy atom. The Balaban J connectivity index is 1.69. The second kappa shape index (κ2) is 8.71. The number of para-hydroxylation sites is 1. The molecule has 0 spiro atoms. The number of rotatable bonds is 7. The highest BCUT2D eigenvalue weighted by atomic mass is 16.5. The largest absolute Gasteiger partial charge is 0.450 e. The van der Waals surface area contributed by atoms with Crippen LogP contribution in [0.15, 0.2) is 30.5 Å². The predicted molar refractivity (Wildman–Crippen MR) is 97.9 cm³/mol. The lowest BCUT2D eigenvalue weighted by Gasteiger charge is -2.19. The Hall–Kier alpha value is -2.54. The van der Waals surface area contributed by atoms with E-state index in [0.29, 0.717) is 13.0 Å². The second-order valence-electron chi connectivity index (χ2n) is 6.36. The quantitative estimate of drug-likeness (QED) is 0.706. The van der Waals surface area contributed by atoms with E-state index < -0.39 is 12.1 Å².